The highest BCUT2D eigenvalue weighted by Crippen LogP contribution is 2.40. The molecule has 8 nitrogen and oxygen atoms in total. The number of aromatic nitrogens is 2. The number of hydrogen-bond acceptors (Lipinski definition) is 5. The number of rotatable bonds is 8. The van der Waals surface area contributed by atoms with Gasteiger partial charge in [-0.05, 0) is 57.5 Å². The third-order valence-electron chi connectivity index (χ3n) is 5.85. The van der Waals surface area contributed by atoms with Crippen LogP contribution in [0.25, 0.3) is 0 Å². The van der Waals surface area contributed by atoms with Crippen molar-refractivity contribution in [1.82, 2.24) is 14.9 Å². The fourth-order valence-electron chi connectivity index (χ4n) is 4.10. The van der Waals surface area contributed by atoms with Gasteiger partial charge in [-0.1, -0.05) is 0 Å². The summed E-state index contributed by atoms with van der Waals surface area (Å²) in [7, 11) is 4.73. The zero-order valence-corrected chi connectivity index (χ0v) is 20.2. The van der Waals surface area contributed by atoms with Crippen LogP contribution in [0.3, 0.4) is 0 Å². The van der Waals surface area contributed by atoms with E-state index >= 15 is 0 Å². The molecule has 0 saturated heterocycles. The average Bonchev–Trinajstić information content (AvgIpc) is 3.06. The van der Waals surface area contributed by atoms with Gasteiger partial charge in [0.25, 0.3) is 11.5 Å². The maximum atomic E-state index is 13.0. The van der Waals surface area contributed by atoms with Crippen LogP contribution in [0.4, 0.5) is 0 Å². The Balaban J connectivity index is 1.86. The van der Waals surface area contributed by atoms with Gasteiger partial charge >= 0.3 is 0 Å². The number of nitrogens with one attached hydrogen (secondary N) is 2. The molecule has 8 heteroatoms. The molecule has 0 aliphatic carbocycles. The molecule has 176 valence electrons. The summed E-state index contributed by atoms with van der Waals surface area (Å²) in [5.74, 6) is 1.47. The Hall–Kier alpha value is -3.68. The number of aryl methyl sites for hydroxylation is 3. The van der Waals surface area contributed by atoms with Crippen LogP contribution in [0, 0.1) is 27.7 Å². The summed E-state index contributed by atoms with van der Waals surface area (Å²) in [6.07, 6.45) is 0. The molecule has 1 amide bonds. The number of amides is 1. The van der Waals surface area contributed by atoms with E-state index in [9.17, 15) is 9.59 Å². The quantitative estimate of drug-likeness (QED) is 0.545. The lowest BCUT2D eigenvalue weighted by Crippen LogP contribution is -2.28. The standard InChI is InChI=1S/C25H31N3O5/c1-14-10-15(2)27-25(30)20(14)12-26-24(29)19-11-16(3)28(17(19)4)13-18-8-9-21(31-5)23(33-7)22(18)32-6/h8-11H,12-13H2,1-7H3,(H,26,29)(H,27,30). The third-order valence-corrected chi connectivity index (χ3v) is 5.85. The van der Waals surface area contributed by atoms with Gasteiger partial charge in [-0.2, -0.15) is 0 Å². The number of H-pyrrole nitrogens is 1. The first-order valence-corrected chi connectivity index (χ1v) is 10.6. The number of carbonyl (C=O) groups is 1. The lowest BCUT2D eigenvalue weighted by Gasteiger charge is -2.17. The van der Waals surface area contributed by atoms with Crippen molar-refractivity contribution in [1.29, 1.82) is 0 Å². The van der Waals surface area contributed by atoms with Crippen molar-refractivity contribution < 1.29 is 19.0 Å². The van der Waals surface area contributed by atoms with E-state index in [1.807, 2.05) is 56.5 Å². The summed E-state index contributed by atoms with van der Waals surface area (Å²) in [6.45, 7) is 8.20. The Kier molecular flexibility index (Phi) is 7.16. The second-order valence-corrected chi connectivity index (χ2v) is 7.99. The molecule has 0 bridgehead atoms. The molecule has 3 aromatic rings. The van der Waals surface area contributed by atoms with Crippen molar-refractivity contribution in [3.8, 4) is 17.2 Å². The molecule has 0 spiro atoms. The van der Waals surface area contributed by atoms with Crippen molar-refractivity contribution in [2.45, 2.75) is 40.8 Å². The van der Waals surface area contributed by atoms with Crippen molar-refractivity contribution >= 4 is 5.91 Å². The molecule has 2 aromatic heterocycles. The number of benzene rings is 1. The van der Waals surface area contributed by atoms with Crippen molar-refractivity contribution in [2.75, 3.05) is 21.3 Å². The fraction of sp³-hybridized carbons (Fsp3) is 0.360. The van der Waals surface area contributed by atoms with Crippen LogP contribution in [0.2, 0.25) is 0 Å². The Labute approximate surface area is 193 Å². The highest BCUT2D eigenvalue weighted by atomic mass is 16.5. The summed E-state index contributed by atoms with van der Waals surface area (Å²) in [5.41, 5.74) is 5.22. The Bertz CT molecular complexity index is 1240. The normalized spacial score (nSPS) is 10.8. The van der Waals surface area contributed by atoms with E-state index in [1.165, 1.54) is 0 Å². The van der Waals surface area contributed by atoms with Gasteiger partial charge in [-0.25, -0.2) is 0 Å². The van der Waals surface area contributed by atoms with Gasteiger partial charge in [-0.3, -0.25) is 9.59 Å². The predicted molar refractivity (Wildman–Crippen MR) is 127 cm³/mol. The van der Waals surface area contributed by atoms with E-state index in [4.69, 9.17) is 14.2 Å². The number of nitrogens with zero attached hydrogens (tertiary/aromatic N) is 1. The maximum Gasteiger partial charge on any atom is 0.253 e. The molecule has 33 heavy (non-hydrogen) atoms. The van der Waals surface area contributed by atoms with E-state index in [-0.39, 0.29) is 18.0 Å². The van der Waals surface area contributed by atoms with Gasteiger partial charge < -0.3 is 29.1 Å². The van der Waals surface area contributed by atoms with Crippen LogP contribution in [0.15, 0.2) is 29.1 Å². The number of hydrogen-bond donors (Lipinski definition) is 2. The first-order chi connectivity index (χ1) is 15.7. The summed E-state index contributed by atoms with van der Waals surface area (Å²) in [6, 6.07) is 7.50. The highest BCUT2D eigenvalue weighted by molar-refractivity contribution is 5.95. The zero-order chi connectivity index (χ0) is 24.3. The van der Waals surface area contributed by atoms with Gasteiger partial charge in [0.15, 0.2) is 11.5 Å². The van der Waals surface area contributed by atoms with Gasteiger partial charge in [0.2, 0.25) is 5.75 Å². The molecule has 0 unspecified atom stereocenters. The van der Waals surface area contributed by atoms with E-state index in [2.05, 4.69) is 10.3 Å². The number of carbonyl (C=O) groups excluding carboxylic acids is 1. The first-order valence-electron chi connectivity index (χ1n) is 10.6. The predicted octanol–water partition coefficient (Wildman–Crippen LogP) is 3.41. The summed E-state index contributed by atoms with van der Waals surface area (Å²) < 4.78 is 18.5. The average molecular weight is 454 g/mol. The molecular weight excluding hydrogens is 422 g/mol. The molecule has 0 radical (unpaired) electrons. The number of methoxy groups -OCH3 is 3. The van der Waals surface area contributed by atoms with Gasteiger partial charge in [0.1, 0.15) is 0 Å². The second-order valence-electron chi connectivity index (χ2n) is 7.99. The molecule has 1 aromatic carbocycles. The second kappa shape index (κ2) is 9.85. The Morgan fingerprint density at radius 3 is 2.30 bits per heavy atom. The minimum absolute atomic E-state index is 0.160. The highest BCUT2D eigenvalue weighted by Gasteiger charge is 2.20. The van der Waals surface area contributed by atoms with Gasteiger partial charge in [0, 0.05) is 34.8 Å². The smallest absolute Gasteiger partial charge is 0.253 e. The topological polar surface area (TPSA) is 94.6 Å². The van der Waals surface area contributed by atoms with Crippen LogP contribution >= 0.6 is 0 Å². The summed E-state index contributed by atoms with van der Waals surface area (Å²) in [5, 5.41) is 2.88. The summed E-state index contributed by atoms with van der Waals surface area (Å²) in [4.78, 5) is 28.0. The third kappa shape index (κ3) is 4.74. The number of ether oxygens (including phenoxy) is 3. The Morgan fingerprint density at radius 1 is 1.00 bits per heavy atom. The SMILES string of the molecule is COc1ccc(Cn2c(C)cc(C(=O)NCc3c(C)cc(C)[nH]c3=O)c2C)c(OC)c1OC. The van der Waals surface area contributed by atoms with Crippen molar-refractivity contribution in [3.05, 3.63) is 74.0 Å². The fourth-order valence-corrected chi connectivity index (χ4v) is 4.10. The lowest BCUT2D eigenvalue weighted by molar-refractivity contribution is 0.0950. The largest absolute Gasteiger partial charge is 0.493 e. The van der Waals surface area contributed by atoms with Crippen molar-refractivity contribution in [2.24, 2.45) is 0 Å². The van der Waals surface area contributed by atoms with E-state index < -0.39 is 0 Å². The number of pyridine rings is 1. The van der Waals surface area contributed by atoms with Crippen LogP contribution in [-0.2, 0) is 13.1 Å². The lowest BCUT2D eigenvalue weighted by atomic mass is 10.1. The first kappa shape index (κ1) is 24.0. The molecule has 2 heterocycles. The van der Waals surface area contributed by atoms with E-state index in [0.29, 0.717) is 34.9 Å². The van der Waals surface area contributed by atoms with Crippen LogP contribution in [0.1, 0.15) is 44.1 Å². The van der Waals surface area contributed by atoms with Gasteiger partial charge in [-0.15, -0.1) is 0 Å². The van der Waals surface area contributed by atoms with Gasteiger partial charge in [0.05, 0.1) is 33.4 Å². The minimum atomic E-state index is -0.229. The van der Waals surface area contributed by atoms with Crippen LogP contribution < -0.4 is 25.1 Å². The van der Waals surface area contributed by atoms with E-state index in [1.54, 1.807) is 21.3 Å². The maximum absolute atomic E-state index is 13.0. The van der Waals surface area contributed by atoms with Crippen LogP contribution in [-0.4, -0.2) is 36.8 Å². The van der Waals surface area contributed by atoms with E-state index in [0.717, 1.165) is 28.2 Å². The zero-order valence-electron chi connectivity index (χ0n) is 20.2. The molecule has 0 aliphatic rings. The molecule has 0 saturated carbocycles. The molecule has 2 N–H and O–H groups in total. The monoisotopic (exact) mass is 453 g/mol. The van der Waals surface area contributed by atoms with Crippen molar-refractivity contribution in [3.63, 3.8) is 0 Å². The molecular formula is C25H31N3O5. The minimum Gasteiger partial charge on any atom is -0.493 e. The molecule has 0 fully saturated rings. The summed E-state index contributed by atoms with van der Waals surface area (Å²) >= 11 is 0. The van der Waals surface area contributed by atoms with Crippen LogP contribution in [0.5, 0.6) is 17.2 Å². The number of aromatic amines is 1. The molecule has 3 rings (SSSR count). The molecule has 0 atom stereocenters. The molecule has 0 aliphatic heterocycles. The Morgan fingerprint density at radius 2 is 1.70 bits per heavy atom.